The summed E-state index contributed by atoms with van der Waals surface area (Å²) in [6, 6.07) is 18.6. The molecule has 148 valence electrons. The number of nitrogens with one attached hydrogen (secondary N) is 1. The zero-order valence-corrected chi connectivity index (χ0v) is 16.9. The number of hydrogen-bond acceptors (Lipinski definition) is 4. The first-order valence-electron chi connectivity index (χ1n) is 9.53. The molecule has 1 atom stereocenters. The fourth-order valence-corrected chi connectivity index (χ4v) is 4.00. The number of hydrogen-bond donors (Lipinski definition) is 2. The Hall–Kier alpha value is -2.89. The summed E-state index contributed by atoms with van der Waals surface area (Å²) in [4.78, 5) is 19.4. The lowest BCUT2D eigenvalue weighted by Crippen LogP contribution is -2.33. The molecule has 0 fully saturated rings. The van der Waals surface area contributed by atoms with E-state index in [1.54, 1.807) is 42.3 Å². The highest BCUT2D eigenvalue weighted by molar-refractivity contribution is 6.31. The number of aromatic nitrogens is 1. The fourth-order valence-electron chi connectivity index (χ4n) is 3.66. The Morgan fingerprint density at radius 2 is 1.93 bits per heavy atom. The van der Waals surface area contributed by atoms with Crippen LogP contribution in [0.1, 0.15) is 28.4 Å². The van der Waals surface area contributed by atoms with Crippen molar-refractivity contribution in [2.45, 2.75) is 18.9 Å². The third-order valence-corrected chi connectivity index (χ3v) is 5.55. The van der Waals surface area contributed by atoms with Crippen LogP contribution < -0.4 is 10.2 Å². The predicted molar refractivity (Wildman–Crippen MR) is 116 cm³/mol. The minimum Gasteiger partial charge on any atom is -0.384 e. The SMILES string of the molecule is CC(O)(CNc1ncccc1C(=O)N1CCc2ccccc21)c1ccccc1Cl. The van der Waals surface area contributed by atoms with Crippen LogP contribution in [-0.2, 0) is 12.0 Å². The van der Waals surface area contributed by atoms with E-state index >= 15 is 0 Å². The smallest absolute Gasteiger partial charge is 0.262 e. The molecule has 1 aliphatic heterocycles. The summed E-state index contributed by atoms with van der Waals surface area (Å²) < 4.78 is 0. The normalized spacial score (nSPS) is 14.9. The maximum atomic E-state index is 13.2. The first-order valence-corrected chi connectivity index (χ1v) is 9.91. The van der Waals surface area contributed by atoms with Crippen molar-refractivity contribution in [2.24, 2.45) is 0 Å². The third kappa shape index (κ3) is 3.84. The van der Waals surface area contributed by atoms with Crippen molar-refractivity contribution < 1.29 is 9.90 Å². The number of amides is 1. The second-order valence-corrected chi connectivity index (χ2v) is 7.75. The van der Waals surface area contributed by atoms with Gasteiger partial charge in [-0.15, -0.1) is 0 Å². The van der Waals surface area contributed by atoms with Crippen molar-refractivity contribution in [2.75, 3.05) is 23.3 Å². The minimum absolute atomic E-state index is 0.108. The van der Waals surface area contributed by atoms with Crippen molar-refractivity contribution >= 4 is 29.0 Å². The molecule has 0 bridgehead atoms. The molecule has 1 aromatic heterocycles. The van der Waals surface area contributed by atoms with Gasteiger partial charge in [0.25, 0.3) is 5.91 Å². The zero-order valence-electron chi connectivity index (χ0n) is 16.1. The van der Waals surface area contributed by atoms with Crippen molar-refractivity contribution in [1.82, 2.24) is 4.98 Å². The van der Waals surface area contributed by atoms with Gasteiger partial charge >= 0.3 is 0 Å². The predicted octanol–water partition coefficient (Wildman–Crippen LogP) is 4.26. The van der Waals surface area contributed by atoms with E-state index in [-0.39, 0.29) is 12.5 Å². The van der Waals surface area contributed by atoms with E-state index in [2.05, 4.69) is 10.3 Å². The number of anilines is 2. The van der Waals surface area contributed by atoms with Crippen LogP contribution in [0.2, 0.25) is 5.02 Å². The average molecular weight is 408 g/mol. The average Bonchev–Trinajstić information content (AvgIpc) is 3.16. The van der Waals surface area contributed by atoms with Crippen LogP contribution in [-0.4, -0.2) is 29.1 Å². The van der Waals surface area contributed by atoms with Gasteiger partial charge in [0.1, 0.15) is 11.4 Å². The summed E-state index contributed by atoms with van der Waals surface area (Å²) in [5.41, 5.74) is 1.97. The Bertz CT molecular complexity index is 1050. The van der Waals surface area contributed by atoms with Crippen molar-refractivity contribution in [3.8, 4) is 0 Å². The first-order chi connectivity index (χ1) is 14.0. The second kappa shape index (κ2) is 7.85. The van der Waals surface area contributed by atoms with Crippen molar-refractivity contribution in [3.05, 3.63) is 88.6 Å². The highest BCUT2D eigenvalue weighted by Crippen LogP contribution is 2.31. The molecule has 0 saturated carbocycles. The van der Waals surface area contributed by atoms with Gasteiger partial charge in [-0.3, -0.25) is 4.79 Å². The van der Waals surface area contributed by atoms with E-state index in [1.807, 2.05) is 36.4 Å². The Morgan fingerprint density at radius 3 is 2.76 bits per heavy atom. The third-order valence-electron chi connectivity index (χ3n) is 5.22. The van der Waals surface area contributed by atoms with Gasteiger partial charge in [0.2, 0.25) is 0 Å². The summed E-state index contributed by atoms with van der Waals surface area (Å²) >= 11 is 6.24. The molecule has 5 nitrogen and oxygen atoms in total. The van der Waals surface area contributed by atoms with E-state index in [0.29, 0.717) is 28.5 Å². The first kappa shape index (κ1) is 19.4. The molecule has 4 rings (SSSR count). The molecule has 1 unspecified atom stereocenters. The van der Waals surface area contributed by atoms with Gasteiger partial charge in [-0.2, -0.15) is 0 Å². The van der Waals surface area contributed by atoms with Gasteiger partial charge in [-0.05, 0) is 43.2 Å². The quantitative estimate of drug-likeness (QED) is 0.663. The molecule has 3 aromatic rings. The number of carbonyl (C=O) groups is 1. The van der Waals surface area contributed by atoms with Crippen LogP contribution in [0.15, 0.2) is 66.9 Å². The monoisotopic (exact) mass is 407 g/mol. The number of aliphatic hydroxyl groups is 1. The van der Waals surface area contributed by atoms with Crippen LogP contribution >= 0.6 is 11.6 Å². The van der Waals surface area contributed by atoms with Gasteiger partial charge in [0.15, 0.2) is 0 Å². The fraction of sp³-hybridized carbons (Fsp3) is 0.217. The van der Waals surface area contributed by atoms with Gasteiger partial charge in [0, 0.05) is 35.6 Å². The molecular weight excluding hydrogens is 386 g/mol. The molecular formula is C23H22ClN3O2. The molecule has 0 saturated heterocycles. The maximum Gasteiger partial charge on any atom is 0.262 e. The molecule has 2 heterocycles. The Balaban J connectivity index is 1.57. The number of benzene rings is 2. The van der Waals surface area contributed by atoms with Gasteiger partial charge in [0.05, 0.1) is 5.56 Å². The number of nitrogens with zero attached hydrogens (tertiary/aromatic N) is 2. The van der Waals surface area contributed by atoms with E-state index in [4.69, 9.17) is 11.6 Å². The summed E-state index contributed by atoms with van der Waals surface area (Å²) in [7, 11) is 0. The largest absolute Gasteiger partial charge is 0.384 e. The molecule has 1 aliphatic rings. The second-order valence-electron chi connectivity index (χ2n) is 7.34. The molecule has 29 heavy (non-hydrogen) atoms. The van der Waals surface area contributed by atoms with Gasteiger partial charge < -0.3 is 15.3 Å². The standard InChI is InChI=1S/C23H22ClN3O2/c1-23(29,18-9-3-4-10-19(18)24)15-26-21-17(8-6-13-25-21)22(28)27-14-12-16-7-2-5-11-20(16)27/h2-11,13,29H,12,14-15H2,1H3,(H,25,26). The lowest BCUT2D eigenvalue weighted by molar-refractivity contribution is 0.0714. The Kier molecular flexibility index (Phi) is 5.26. The van der Waals surface area contributed by atoms with Crippen LogP contribution in [0.5, 0.6) is 0 Å². The number of carbonyl (C=O) groups excluding carboxylic acids is 1. The molecule has 0 spiro atoms. The summed E-state index contributed by atoms with van der Waals surface area (Å²) in [5, 5.41) is 14.6. The number of para-hydroxylation sites is 1. The number of halogens is 1. The lowest BCUT2D eigenvalue weighted by atomic mass is 9.96. The molecule has 2 N–H and O–H groups in total. The van der Waals surface area contributed by atoms with Crippen molar-refractivity contribution in [1.29, 1.82) is 0 Å². The highest BCUT2D eigenvalue weighted by Gasteiger charge is 2.29. The molecule has 0 aliphatic carbocycles. The molecule has 1 amide bonds. The van der Waals surface area contributed by atoms with E-state index < -0.39 is 5.60 Å². The van der Waals surface area contributed by atoms with Crippen LogP contribution in [0.25, 0.3) is 0 Å². The minimum atomic E-state index is -1.23. The number of rotatable bonds is 5. The molecule has 0 radical (unpaired) electrons. The zero-order chi connectivity index (χ0) is 20.4. The van der Waals surface area contributed by atoms with Gasteiger partial charge in [-0.1, -0.05) is 48.0 Å². The number of pyridine rings is 1. The Labute approximate surface area is 175 Å². The number of fused-ring (bicyclic) bond motifs is 1. The lowest BCUT2D eigenvalue weighted by Gasteiger charge is -2.26. The van der Waals surface area contributed by atoms with Gasteiger partial charge in [-0.25, -0.2) is 4.98 Å². The maximum absolute atomic E-state index is 13.2. The van der Waals surface area contributed by atoms with E-state index in [0.717, 1.165) is 12.1 Å². The highest BCUT2D eigenvalue weighted by atomic mass is 35.5. The molecule has 2 aromatic carbocycles. The van der Waals surface area contributed by atoms with E-state index in [9.17, 15) is 9.90 Å². The summed E-state index contributed by atoms with van der Waals surface area (Å²) in [5.74, 6) is 0.331. The van der Waals surface area contributed by atoms with Crippen LogP contribution in [0.4, 0.5) is 11.5 Å². The van der Waals surface area contributed by atoms with Crippen LogP contribution in [0.3, 0.4) is 0 Å². The summed E-state index contributed by atoms with van der Waals surface area (Å²) in [6.07, 6.45) is 2.47. The molecule has 6 heteroatoms. The van der Waals surface area contributed by atoms with Crippen molar-refractivity contribution in [3.63, 3.8) is 0 Å². The van der Waals surface area contributed by atoms with Crippen LogP contribution in [0, 0.1) is 0 Å². The topological polar surface area (TPSA) is 65.5 Å². The Morgan fingerprint density at radius 1 is 1.17 bits per heavy atom. The van der Waals surface area contributed by atoms with E-state index in [1.165, 1.54) is 5.56 Å². The summed E-state index contributed by atoms with van der Waals surface area (Å²) in [6.45, 7) is 2.48.